The highest BCUT2D eigenvalue weighted by molar-refractivity contribution is 7.17. The van der Waals surface area contributed by atoms with Gasteiger partial charge in [-0.25, -0.2) is 4.39 Å². The van der Waals surface area contributed by atoms with Crippen LogP contribution in [0.4, 0.5) is 10.1 Å². The molecule has 96 valence electrons. The van der Waals surface area contributed by atoms with Gasteiger partial charge in [0.25, 0.3) is 5.56 Å². The summed E-state index contributed by atoms with van der Waals surface area (Å²) in [7, 11) is 0. The minimum absolute atomic E-state index is 0.0680. The fourth-order valence-corrected chi connectivity index (χ4v) is 2.87. The Balaban J connectivity index is 2.05. The molecule has 0 bridgehead atoms. The van der Waals surface area contributed by atoms with E-state index in [1.165, 1.54) is 23.5 Å². The predicted molar refractivity (Wildman–Crippen MR) is 76.0 cm³/mol. The lowest BCUT2D eigenvalue weighted by Crippen LogP contribution is -2.19. The average Bonchev–Trinajstić information content (AvgIpc) is 2.80. The molecule has 0 aliphatic carbocycles. The minimum atomic E-state index is -0.389. The van der Waals surface area contributed by atoms with Crippen molar-refractivity contribution < 1.29 is 4.39 Å². The molecule has 19 heavy (non-hydrogen) atoms. The van der Waals surface area contributed by atoms with Crippen LogP contribution in [-0.4, -0.2) is 4.57 Å². The number of fused-ring (bicyclic) bond motifs is 1. The van der Waals surface area contributed by atoms with Gasteiger partial charge in [0.15, 0.2) is 0 Å². The van der Waals surface area contributed by atoms with Crippen molar-refractivity contribution in [1.29, 1.82) is 0 Å². The first-order valence-corrected chi connectivity index (χ1v) is 6.63. The van der Waals surface area contributed by atoms with Crippen molar-refractivity contribution in [3.05, 3.63) is 63.6 Å². The highest BCUT2D eigenvalue weighted by Gasteiger charge is 2.05. The maximum absolute atomic E-state index is 13.3. The van der Waals surface area contributed by atoms with E-state index in [2.05, 4.69) is 0 Å². The maximum atomic E-state index is 13.3. The number of benzene rings is 1. The van der Waals surface area contributed by atoms with Crippen LogP contribution in [0.15, 0.2) is 46.7 Å². The molecule has 0 unspecified atom stereocenters. The second-order valence-electron chi connectivity index (χ2n) is 4.34. The van der Waals surface area contributed by atoms with Crippen molar-refractivity contribution in [2.75, 3.05) is 5.73 Å². The van der Waals surface area contributed by atoms with Gasteiger partial charge in [0.2, 0.25) is 0 Å². The summed E-state index contributed by atoms with van der Waals surface area (Å²) in [5.74, 6) is -0.389. The second-order valence-corrected chi connectivity index (χ2v) is 5.29. The van der Waals surface area contributed by atoms with Crippen molar-refractivity contribution in [2.24, 2.45) is 0 Å². The molecule has 0 fully saturated rings. The van der Waals surface area contributed by atoms with E-state index in [1.807, 2.05) is 11.4 Å². The Kier molecular flexibility index (Phi) is 2.83. The molecule has 0 saturated heterocycles. The van der Waals surface area contributed by atoms with E-state index >= 15 is 0 Å². The number of rotatable bonds is 2. The third kappa shape index (κ3) is 2.24. The summed E-state index contributed by atoms with van der Waals surface area (Å²) in [5.41, 5.74) is 6.57. The second kappa shape index (κ2) is 4.51. The number of aromatic nitrogens is 1. The average molecular weight is 274 g/mol. The van der Waals surface area contributed by atoms with Crippen molar-refractivity contribution in [2.45, 2.75) is 6.54 Å². The molecule has 3 nitrogen and oxygen atoms in total. The molecule has 3 aromatic rings. The summed E-state index contributed by atoms with van der Waals surface area (Å²) in [6.45, 7) is 0.312. The fraction of sp³-hybridized carbons (Fsp3) is 0.0714. The number of thiophene rings is 1. The first-order valence-electron chi connectivity index (χ1n) is 5.75. The number of pyridine rings is 1. The lowest BCUT2D eigenvalue weighted by atomic mass is 10.2. The molecular formula is C14H11FN2OS. The van der Waals surface area contributed by atoms with Crippen LogP contribution in [0.1, 0.15) is 5.56 Å². The van der Waals surface area contributed by atoms with Gasteiger partial charge in [0.05, 0.1) is 11.9 Å². The Morgan fingerprint density at radius 1 is 1.26 bits per heavy atom. The molecule has 0 aliphatic heterocycles. The van der Waals surface area contributed by atoms with Gasteiger partial charge in [-0.3, -0.25) is 4.79 Å². The zero-order valence-electron chi connectivity index (χ0n) is 9.97. The molecule has 0 atom stereocenters. The normalized spacial score (nSPS) is 11.0. The van der Waals surface area contributed by atoms with Crippen LogP contribution < -0.4 is 11.3 Å². The van der Waals surface area contributed by atoms with Gasteiger partial charge in [-0.2, -0.15) is 0 Å². The van der Waals surface area contributed by atoms with E-state index in [1.54, 1.807) is 22.9 Å². The Morgan fingerprint density at radius 3 is 2.89 bits per heavy atom. The SMILES string of the molecule is Nc1cc(F)cc(Cn2ccc3sccc3c2=O)c1. The van der Waals surface area contributed by atoms with Crippen LogP contribution >= 0.6 is 11.3 Å². The van der Waals surface area contributed by atoms with Crippen LogP contribution in [-0.2, 0) is 6.54 Å². The summed E-state index contributed by atoms with van der Waals surface area (Å²) >= 11 is 1.53. The minimum Gasteiger partial charge on any atom is -0.399 e. The third-order valence-electron chi connectivity index (χ3n) is 2.93. The largest absolute Gasteiger partial charge is 0.399 e. The van der Waals surface area contributed by atoms with Gasteiger partial charge >= 0.3 is 0 Å². The third-order valence-corrected chi connectivity index (χ3v) is 3.81. The number of hydrogen-bond acceptors (Lipinski definition) is 3. The van der Waals surface area contributed by atoms with Crippen molar-refractivity contribution in [3.8, 4) is 0 Å². The smallest absolute Gasteiger partial charge is 0.259 e. The molecular weight excluding hydrogens is 263 g/mol. The van der Waals surface area contributed by atoms with E-state index < -0.39 is 0 Å². The molecule has 0 spiro atoms. The Labute approximate surface area is 112 Å². The molecule has 1 aromatic carbocycles. The summed E-state index contributed by atoms with van der Waals surface area (Å²) in [6, 6.07) is 8.02. The molecule has 0 radical (unpaired) electrons. The van der Waals surface area contributed by atoms with E-state index in [4.69, 9.17) is 5.73 Å². The van der Waals surface area contributed by atoms with Crippen LogP contribution in [0.3, 0.4) is 0 Å². The molecule has 2 aromatic heterocycles. The number of hydrogen-bond donors (Lipinski definition) is 1. The summed E-state index contributed by atoms with van der Waals surface area (Å²) in [5, 5.41) is 2.58. The van der Waals surface area contributed by atoms with Crippen molar-refractivity contribution in [1.82, 2.24) is 4.57 Å². The van der Waals surface area contributed by atoms with Gasteiger partial charge in [0, 0.05) is 16.6 Å². The van der Waals surface area contributed by atoms with Crippen LogP contribution in [0.2, 0.25) is 0 Å². The number of nitrogens with two attached hydrogens (primary N) is 1. The lowest BCUT2D eigenvalue weighted by Gasteiger charge is -2.07. The summed E-state index contributed by atoms with van der Waals surface area (Å²) in [6.07, 6.45) is 1.72. The first kappa shape index (κ1) is 11.9. The van der Waals surface area contributed by atoms with Crippen molar-refractivity contribution >= 4 is 27.1 Å². The number of nitrogens with zero attached hydrogens (tertiary/aromatic N) is 1. The predicted octanol–water partition coefficient (Wildman–Crippen LogP) is 2.83. The van der Waals surface area contributed by atoms with E-state index in [0.717, 1.165) is 4.70 Å². The van der Waals surface area contributed by atoms with Gasteiger partial charge in [-0.05, 0) is 41.3 Å². The summed E-state index contributed by atoms with van der Waals surface area (Å²) in [4.78, 5) is 12.2. The number of halogens is 1. The Hall–Kier alpha value is -2.14. The number of nitrogen functional groups attached to an aromatic ring is 1. The van der Waals surface area contributed by atoms with E-state index in [-0.39, 0.29) is 11.4 Å². The van der Waals surface area contributed by atoms with Gasteiger partial charge in [-0.1, -0.05) is 0 Å². The van der Waals surface area contributed by atoms with E-state index in [9.17, 15) is 9.18 Å². The Morgan fingerprint density at radius 2 is 2.11 bits per heavy atom. The zero-order chi connectivity index (χ0) is 13.4. The summed E-state index contributed by atoms with van der Waals surface area (Å²) < 4.78 is 15.8. The van der Waals surface area contributed by atoms with Gasteiger partial charge < -0.3 is 10.3 Å². The maximum Gasteiger partial charge on any atom is 0.259 e. The topological polar surface area (TPSA) is 48.0 Å². The van der Waals surface area contributed by atoms with Gasteiger partial charge in [-0.15, -0.1) is 11.3 Å². The van der Waals surface area contributed by atoms with Crippen molar-refractivity contribution in [3.63, 3.8) is 0 Å². The van der Waals surface area contributed by atoms with Crippen LogP contribution in [0.5, 0.6) is 0 Å². The highest BCUT2D eigenvalue weighted by atomic mass is 32.1. The molecule has 0 amide bonds. The molecule has 2 heterocycles. The van der Waals surface area contributed by atoms with E-state index in [0.29, 0.717) is 23.2 Å². The molecule has 0 aliphatic rings. The molecule has 2 N–H and O–H groups in total. The molecule has 3 rings (SSSR count). The highest BCUT2D eigenvalue weighted by Crippen LogP contribution is 2.17. The molecule has 0 saturated carbocycles. The quantitative estimate of drug-likeness (QED) is 0.730. The first-order chi connectivity index (χ1) is 9.13. The Bertz CT molecular complexity index is 786. The zero-order valence-corrected chi connectivity index (χ0v) is 10.8. The number of anilines is 1. The van der Waals surface area contributed by atoms with Crippen LogP contribution in [0.25, 0.3) is 10.1 Å². The molecule has 5 heteroatoms. The van der Waals surface area contributed by atoms with Gasteiger partial charge in [0.1, 0.15) is 5.82 Å². The monoisotopic (exact) mass is 274 g/mol. The van der Waals surface area contributed by atoms with Crippen LogP contribution in [0, 0.1) is 5.82 Å². The fourth-order valence-electron chi connectivity index (χ4n) is 2.09. The lowest BCUT2D eigenvalue weighted by molar-refractivity contribution is 0.623. The standard InChI is InChI=1S/C14H11FN2OS/c15-10-5-9(6-11(16)7-10)8-17-3-1-13-12(14(17)18)2-4-19-13/h1-7H,8,16H2.